The van der Waals surface area contributed by atoms with Crippen LogP contribution in [0.4, 0.5) is 0 Å². The number of esters is 1. The Morgan fingerprint density at radius 2 is 2.12 bits per heavy atom. The Labute approximate surface area is 94.6 Å². The van der Waals surface area contributed by atoms with Crippen molar-refractivity contribution in [1.82, 2.24) is 5.32 Å². The zero-order valence-corrected chi connectivity index (χ0v) is 9.74. The van der Waals surface area contributed by atoms with Gasteiger partial charge < -0.3 is 15.8 Å². The van der Waals surface area contributed by atoms with Crippen molar-refractivity contribution in [2.45, 2.75) is 19.8 Å². The van der Waals surface area contributed by atoms with Gasteiger partial charge in [-0.25, -0.2) is 0 Å². The molecule has 0 aromatic heterocycles. The highest BCUT2D eigenvalue weighted by Gasteiger charge is 2.12. The molecule has 0 aliphatic rings. The van der Waals surface area contributed by atoms with E-state index in [1.165, 1.54) is 20.4 Å². The minimum atomic E-state index is -0.595. The molecule has 0 radical (unpaired) electrons. The molecule has 0 unspecified atom stereocenters. The van der Waals surface area contributed by atoms with E-state index in [0.717, 1.165) is 0 Å². The van der Waals surface area contributed by atoms with Crippen molar-refractivity contribution in [3.63, 3.8) is 0 Å². The van der Waals surface area contributed by atoms with Gasteiger partial charge in [0.1, 0.15) is 12.3 Å². The number of hydrogen-bond donors (Lipinski definition) is 2. The average molecular weight is 227 g/mol. The maximum absolute atomic E-state index is 11.4. The molecule has 16 heavy (non-hydrogen) atoms. The van der Waals surface area contributed by atoms with Crippen LogP contribution in [0.15, 0.2) is 16.8 Å². The number of aliphatic imine (C=N–C) groups is 1. The van der Waals surface area contributed by atoms with E-state index in [1.807, 2.05) is 6.92 Å². The molecule has 0 fully saturated rings. The van der Waals surface area contributed by atoms with Crippen LogP contribution in [0, 0.1) is 0 Å². The summed E-state index contributed by atoms with van der Waals surface area (Å²) in [5, 5.41) is 2.50. The third-order valence-corrected chi connectivity index (χ3v) is 1.90. The van der Waals surface area contributed by atoms with Gasteiger partial charge in [0.25, 0.3) is 0 Å². The summed E-state index contributed by atoms with van der Waals surface area (Å²) in [6.07, 6.45) is 1.68. The fourth-order valence-corrected chi connectivity index (χ4v) is 1.02. The van der Waals surface area contributed by atoms with Gasteiger partial charge in [0.2, 0.25) is 5.91 Å². The van der Waals surface area contributed by atoms with Crippen molar-refractivity contribution in [2.24, 2.45) is 10.7 Å². The molecule has 0 saturated carbocycles. The number of nitrogens with one attached hydrogen (secondary N) is 1. The topological polar surface area (TPSA) is 93.8 Å². The number of methoxy groups -OCH3 is 1. The van der Waals surface area contributed by atoms with Gasteiger partial charge >= 0.3 is 5.97 Å². The lowest BCUT2D eigenvalue weighted by atomic mass is 10.2. The molecule has 0 rings (SSSR count). The van der Waals surface area contributed by atoms with E-state index >= 15 is 0 Å². The summed E-state index contributed by atoms with van der Waals surface area (Å²) < 4.78 is 4.37. The molecule has 0 spiro atoms. The van der Waals surface area contributed by atoms with E-state index in [0.29, 0.717) is 17.8 Å². The summed E-state index contributed by atoms with van der Waals surface area (Å²) in [6, 6.07) is 0. The molecule has 6 nitrogen and oxygen atoms in total. The van der Waals surface area contributed by atoms with Crippen molar-refractivity contribution in [3.8, 4) is 0 Å². The normalized spacial score (nSPS) is 12.2. The Bertz CT molecular complexity index is 321. The molecule has 0 aromatic carbocycles. The SMILES string of the molecule is CC/C(=C/N)C(=NC)NC(=O)CC(=O)OC. The summed E-state index contributed by atoms with van der Waals surface area (Å²) in [7, 11) is 2.76. The third kappa shape index (κ3) is 4.59. The summed E-state index contributed by atoms with van der Waals surface area (Å²) in [6.45, 7) is 1.89. The lowest BCUT2D eigenvalue weighted by Crippen LogP contribution is -2.33. The molecule has 0 aliphatic carbocycles. The second kappa shape index (κ2) is 7.44. The summed E-state index contributed by atoms with van der Waals surface area (Å²) in [5.41, 5.74) is 6.09. The second-order valence-electron chi connectivity index (χ2n) is 2.92. The average Bonchev–Trinajstić information content (AvgIpc) is 2.28. The Balaban J connectivity index is 4.46. The molecule has 0 heterocycles. The van der Waals surface area contributed by atoms with Gasteiger partial charge in [-0.15, -0.1) is 0 Å². The number of carbonyl (C=O) groups is 2. The first-order valence-electron chi connectivity index (χ1n) is 4.83. The van der Waals surface area contributed by atoms with Gasteiger partial charge in [0.15, 0.2) is 0 Å². The smallest absolute Gasteiger partial charge is 0.315 e. The summed E-state index contributed by atoms with van der Waals surface area (Å²) in [5.74, 6) is -0.693. The van der Waals surface area contributed by atoms with Crippen LogP contribution < -0.4 is 11.1 Å². The molecule has 0 atom stereocenters. The van der Waals surface area contributed by atoms with Crippen LogP contribution in [0.5, 0.6) is 0 Å². The minimum absolute atomic E-state index is 0.336. The zero-order chi connectivity index (χ0) is 12.6. The van der Waals surface area contributed by atoms with Gasteiger partial charge in [-0.2, -0.15) is 0 Å². The van der Waals surface area contributed by atoms with Crippen LogP contribution in [-0.2, 0) is 14.3 Å². The van der Waals surface area contributed by atoms with Gasteiger partial charge in [-0.3, -0.25) is 14.6 Å². The second-order valence-corrected chi connectivity index (χ2v) is 2.92. The molecule has 90 valence electrons. The van der Waals surface area contributed by atoms with Crippen molar-refractivity contribution in [1.29, 1.82) is 0 Å². The van der Waals surface area contributed by atoms with Gasteiger partial charge in [0.05, 0.1) is 7.11 Å². The van der Waals surface area contributed by atoms with Crippen LogP contribution >= 0.6 is 0 Å². The predicted molar refractivity (Wildman–Crippen MR) is 60.7 cm³/mol. The van der Waals surface area contributed by atoms with Crippen molar-refractivity contribution in [3.05, 3.63) is 11.8 Å². The number of nitrogens with two attached hydrogens (primary N) is 1. The highest BCUT2D eigenvalue weighted by Crippen LogP contribution is 2.00. The first-order chi connectivity index (χ1) is 7.58. The molecule has 0 aromatic rings. The number of carbonyl (C=O) groups excluding carboxylic acids is 2. The van der Waals surface area contributed by atoms with Crippen LogP contribution in [-0.4, -0.2) is 31.9 Å². The van der Waals surface area contributed by atoms with E-state index in [1.54, 1.807) is 0 Å². The lowest BCUT2D eigenvalue weighted by molar-refractivity contribution is -0.143. The Kier molecular flexibility index (Phi) is 6.58. The quantitative estimate of drug-likeness (QED) is 0.304. The molecule has 3 N–H and O–H groups in total. The third-order valence-electron chi connectivity index (χ3n) is 1.90. The highest BCUT2D eigenvalue weighted by atomic mass is 16.5. The fourth-order valence-electron chi connectivity index (χ4n) is 1.02. The van der Waals surface area contributed by atoms with E-state index in [9.17, 15) is 9.59 Å². The number of amidine groups is 1. The molecule has 0 saturated heterocycles. The van der Waals surface area contributed by atoms with E-state index in [-0.39, 0.29) is 6.42 Å². The van der Waals surface area contributed by atoms with Gasteiger partial charge in [-0.05, 0) is 6.42 Å². The van der Waals surface area contributed by atoms with Crippen molar-refractivity contribution >= 4 is 17.7 Å². The first-order valence-corrected chi connectivity index (χ1v) is 4.83. The zero-order valence-electron chi connectivity index (χ0n) is 9.74. The van der Waals surface area contributed by atoms with Crippen LogP contribution in [0.3, 0.4) is 0 Å². The van der Waals surface area contributed by atoms with Crippen LogP contribution in [0.2, 0.25) is 0 Å². The Morgan fingerprint density at radius 3 is 2.50 bits per heavy atom. The Morgan fingerprint density at radius 1 is 1.50 bits per heavy atom. The molecule has 6 heteroatoms. The molecule has 1 amide bonds. The van der Waals surface area contributed by atoms with E-state index < -0.39 is 11.9 Å². The molecule has 0 bridgehead atoms. The summed E-state index contributed by atoms with van der Waals surface area (Å²) in [4.78, 5) is 26.1. The monoisotopic (exact) mass is 227 g/mol. The van der Waals surface area contributed by atoms with E-state index in [4.69, 9.17) is 5.73 Å². The molecule has 0 aliphatic heterocycles. The number of nitrogens with zero attached hydrogens (tertiary/aromatic N) is 1. The number of hydrogen-bond acceptors (Lipinski definition) is 5. The van der Waals surface area contributed by atoms with Crippen LogP contribution in [0.25, 0.3) is 0 Å². The maximum atomic E-state index is 11.4. The molecular formula is C10H17N3O3. The van der Waals surface area contributed by atoms with Crippen molar-refractivity contribution < 1.29 is 14.3 Å². The van der Waals surface area contributed by atoms with Gasteiger partial charge in [0, 0.05) is 18.8 Å². The number of amides is 1. The number of ether oxygens (including phenoxy) is 1. The lowest BCUT2D eigenvalue weighted by Gasteiger charge is -2.09. The first kappa shape index (κ1) is 14.2. The minimum Gasteiger partial charge on any atom is -0.469 e. The standard InChI is InChI=1S/C10H17N3O3/c1-4-7(6-11)10(12-2)13-8(14)5-9(15)16-3/h6H,4-5,11H2,1-3H3,(H,12,13,14)/b7-6-. The molecular weight excluding hydrogens is 210 g/mol. The predicted octanol–water partition coefficient (Wildman–Crippen LogP) is -0.0534. The van der Waals surface area contributed by atoms with E-state index in [2.05, 4.69) is 15.0 Å². The van der Waals surface area contributed by atoms with Crippen molar-refractivity contribution in [2.75, 3.05) is 14.2 Å². The summed E-state index contributed by atoms with van der Waals surface area (Å²) >= 11 is 0. The largest absolute Gasteiger partial charge is 0.469 e. The Hall–Kier alpha value is -1.85. The van der Waals surface area contributed by atoms with Gasteiger partial charge in [-0.1, -0.05) is 6.92 Å². The maximum Gasteiger partial charge on any atom is 0.315 e. The number of rotatable bonds is 4. The highest BCUT2D eigenvalue weighted by molar-refractivity contribution is 6.10. The fraction of sp³-hybridized carbons (Fsp3) is 0.500. The van der Waals surface area contributed by atoms with Crippen LogP contribution in [0.1, 0.15) is 19.8 Å².